The molecular formula is C17H27N3O3. The summed E-state index contributed by atoms with van der Waals surface area (Å²) in [5.41, 5.74) is 0.919. The summed E-state index contributed by atoms with van der Waals surface area (Å²) in [6.45, 7) is 7.88. The summed E-state index contributed by atoms with van der Waals surface area (Å²) in [5, 5.41) is 20.3. The molecule has 0 spiro atoms. The number of nitro groups is 1. The number of aliphatic hydroxyl groups is 1. The highest BCUT2D eigenvalue weighted by atomic mass is 16.6. The van der Waals surface area contributed by atoms with Crippen LogP contribution in [-0.4, -0.2) is 53.8 Å². The molecule has 1 heterocycles. The molecule has 0 atom stereocenters. The minimum absolute atomic E-state index is 0.188. The van der Waals surface area contributed by atoms with Gasteiger partial charge in [0.1, 0.15) is 5.69 Å². The predicted molar refractivity (Wildman–Crippen MR) is 91.8 cm³/mol. The molecule has 1 aliphatic rings. The van der Waals surface area contributed by atoms with Crippen molar-refractivity contribution in [1.82, 2.24) is 4.90 Å². The maximum Gasteiger partial charge on any atom is 0.292 e. The lowest BCUT2D eigenvalue weighted by Gasteiger charge is -2.36. The molecule has 0 radical (unpaired) electrons. The third-order valence-corrected chi connectivity index (χ3v) is 4.64. The molecule has 128 valence electrons. The van der Waals surface area contributed by atoms with Crippen molar-refractivity contribution in [3.8, 4) is 0 Å². The molecule has 1 fully saturated rings. The summed E-state index contributed by atoms with van der Waals surface area (Å²) in [7, 11) is 0. The average molecular weight is 321 g/mol. The number of hydrogen-bond donors (Lipinski definition) is 1. The van der Waals surface area contributed by atoms with Gasteiger partial charge in [-0.05, 0) is 38.7 Å². The Labute approximate surface area is 137 Å². The summed E-state index contributed by atoms with van der Waals surface area (Å²) in [6, 6.07) is 7.41. The van der Waals surface area contributed by atoms with Gasteiger partial charge in [0.25, 0.3) is 5.69 Å². The van der Waals surface area contributed by atoms with E-state index in [2.05, 4.69) is 23.6 Å². The van der Waals surface area contributed by atoms with Gasteiger partial charge in [-0.25, -0.2) is 0 Å². The largest absolute Gasteiger partial charge is 0.395 e. The lowest BCUT2D eigenvalue weighted by atomic mass is 9.95. The highest BCUT2D eigenvalue weighted by molar-refractivity contribution is 5.63. The van der Waals surface area contributed by atoms with Crippen molar-refractivity contribution in [3.63, 3.8) is 0 Å². The summed E-state index contributed by atoms with van der Waals surface area (Å²) in [6.07, 6.45) is 2.06. The van der Waals surface area contributed by atoms with Crippen LogP contribution in [0.2, 0.25) is 0 Å². The van der Waals surface area contributed by atoms with E-state index in [-0.39, 0.29) is 17.2 Å². The molecule has 0 unspecified atom stereocenters. The van der Waals surface area contributed by atoms with Gasteiger partial charge in [-0.3, -0.25) is 15.0 Å². The smallest absolute Gasteiger partial charge is 0.292 e. The molecule has 1 N–H and O–H groups in total. The number of rotatable bonds is 7. The number of aliphatic hydroxyl groups excluding tert-OH is 1. The molecular weight excluding hydrogens is 294 g/mol. The second kappa shape index (κ2) is 8.26. The average Bonchev–Trinajstić information content (AvgIpc) is 2.55. The van der Waals surface area contributed by atoms with Crippen LogP contribution in [0.5, 0.6) is 0 Å². The fraction of sp³-hybridized carbons (Fsp3) is 0.647. The van der Waals surface area contributed by atoms with E-state index in [9.17, 15) is 15.2 Å². The van der Waals surface area contributed by atoms with Gasteiger partial charge in [0, 0.05) is 38.3 Å². The Kier molecular flexibility index (Phi) is 6.36. The quantitative estimate of drug-likeness (QED) is 0.617. The van der Waals surface area contributed by atoms with Gasteiger partial charge >= 0.3 is 0 Å². The van der Waals surface area contributed by atoms with E-state index in [0.29, 0.717) is 18.5 Å². The fourth-order valence-corrected chi connectivity index (χ4v) is 3.26. The van der Waals surface area contributed by atoms with Crippen LogP contribution in [0.1, 0.15) is 26.7 Å². The van der Waals surface area contributed by atoms with Gasteiger partial charge in [-0.15, -0.1) is 0 Å². The van der Waals surface area contributed by atoms with Crippen molar-refractivity contribution in [1.29, 1.82) is 0 Å². The van der Waals surface area contributed by atoms with Crippen LogP contribution in [0, 0.1) is 16.0 Å². The van der Waals surface area contributed by atoms with Crippen LogP contribution in [0.15, 0.2) is 24.3 Å². The SMILES string of the molecule is CC(C)N(CCO)CC1CCN(c2ccccc2[N+](=O)[O-])CC1. The van der Waals surface area contributed by atoms with Crippen LogP contribution in [0.3, 0.4) is 0 Å². The summed E-state index contributed by atoms with van der Waals surface area (Å²) in [5.74, 6) is 0.586. The van der Waals surface area contributed by atoms with Gasteiger partial charge in [0.05, 0.1) is 11.5 Å². The fourth-order valence-electron chi connectivity index (χ4n) is 3.26. The Morgan fingerprint density at radius 2 is 2.00 bits per heavy atom. The highest BCUT2D eigenvalue weighted by Gasteiger charge is 2.25. The molecule has 6 nitrogen and oxygen atoms in total. The Morgan fingerprint density at radius 3 is 2.57 bits per heavy atom. The van der Waals surface area contributed by atoms with Crippen LogP contribution < -0.4 is 4.90 Å². The second-order valence-electron chi connectivity index (χ2n) is 6.49. The molecule has 1 aromatic rings. The first kappa shape index (κ1) is 17.7. The van der Waals surface area contributed by atoms with Crippen molar-refractivity contribution < 1.29 is 10.0 Å². The number of para-hydroxylation sites is 2. The van der Waals surface area contributed by atoms with E-state index >= 15 is 0 Å². The number of benzene rings is 1. The molecule has 0 aliphatic carbocycles. The molecule has 0 aromatic heterocycles. The van der Waals surface area contributed by atoms with Crippen molar-refractivity contribution in [2.75, 3.05) is 37.7 Å². The number of piperidine rings is 1. The molecule has 0 bridgehead atoms. The van der Waals surface area contributed by atoms with E-state index < -0.39 is 0 Å². The molecule has 1 aromatic carbocycles. The zero-order chi connectivity index (χ0) is 16.8. The van der Waals surface area contributed by atoms with Crippen molar-refractivity contribution in [3.05, 3.63) is 34.4 Å². The van der Waals surface area contributed by atoms with Crippen molar-refractivity contribution in [2.24, 2.45) is 5.92 Å². The summed E-state index contributed by atoms with van der Waals surface area (Å²) < 4.78 is 0. The van der Waals surface area contributed by atoms with Crippen LogP contribution >= 0.6 is 0 Å². The van der Waals surface area contributed by atoms with E-state index in [4.69, 9.17) is 0 Å². The molecule has 1 saturated heterocycles. The third kappa shape index (κ3) is 4.65. The van der Waals surface area contributed by atoms with Gasteiger partial charge < -0.3 is 10.0 Å². The maximum absolute atomic E-state index is 11.2. The van der Waals surface area contributed by atoms with Crippen LogP contribution in [0.25, 0.3) is 0 Å². The third-order valence-electron chi connectivity index (χ3n) is 4.64. The maximum atomic E-state index is 11.2. The van der Waals surface area contributed by atoms with E-state index in [0.717, 1.165) is 38.2 Å². The first-order chi connectivity index (χ1) is 11.0. The van der Waals surface area contributed by atoms with Gasteiger partial charge in [0.15, 0.2) is 0 Å². The van der Waals surface area contributed by atoms with Crippen LogP contribution in [0.4, 0.5) is 11.4 Å². The lowest BCUT2D eigenvalue weighted by Crippen LogP contribution is -2.42. The Morgan fingerprint density at radius 1 is 1.35 bits per heavy atom. The lowest BCUT2D eigenvalue weighted by molar-refractivity contribution is -0.384. The molecule has 23 heavy (non-hydrogen) atoms. The zero-order valence-electron chi connectivity index (χ0n) is 14.0. The van der Waals surface area contributed by atoms with E-state index in [1.165, 1.54) is 0 Å². The first-order valence-electron chi connectivity index (χ1n) is 8.36. The first-order valence-corrected chi connectivity index (χ1v) is 8.36. The predicted octanol–water partition coefficient (Wildman–Crippen LogP) is 2.51. The van der Waals surface area contributed by atoms with Crippen LogP contribution in [-0.2, 0) is 0 Å². The molecule has 1 aliphatic heterocycles. The Hall–Kier alpha value is -1.66. The molecule has 0 amide bonds. The molecule has 6 heteroatoms. The normalized spacial score (nSPS) is 16.3. The zero-order valence-corrected chi connectivity index (χ0v) is 14.0. The second-order valence-corrected chi connectivity index (χ2v) is 6.49. The minimum atomic E-state index is -0.302. The number of nitro benzene ring substituents is 1. The van der Waals surface area contributed by atoms with Gasteiger partial charge in [-0.2, -0.15) is 0 Å². The topological polar surface area (TPSA) is 69.8 Å². The van der Waals surface area contributed by atoms with E-state index in [1.807, 2.05) is 12.1 Å². The van der Waals surface area contributed by atoms with Gasteiger partial charge in [-0.1, -0.05) is 12.1 Å². The minimum Gasteiger partial charge on any atom is -0.395 e. The number of nitrogens with zero attached hydrogens (tertiary/aromatic N) is 3. The molecule has 0 saturated carbocycles. The highest BCUT2D eigenvalue weighted by Crippen LogP contribution is 2.31. The number of anilines is 1. The summed E-state index contributed by atoms with van der Waals surface area (Å²) >= 11 is 0. The monoisotopic (exact) mass is 321 g/mol. The Bertz CT molecular complexity index is 514. The standard InChI is InChI=1S/C17H27N3O3/c1-14(2)19(11-12-21)13-15-7-9-18(10-8-15)16-5-3-4-6-17(16)20(22)23/h3-6,14-15,21H,7-13H2,1-2H3. The summed E-state index contributed by atoms with van der Waals surface area (Å²) in [4.78, 5) is 15.3. The van der Waals surface area contributed by atoms with Crippen molar-refractivity contribution in [2.45, 2.75) is 32.7 Å². The van der Waals surface area contributed by atoms with Gasteiger partial charge in [0.2, 0.25) is 0 Å². The Balaban J connectivity index is 1.95. The number of hydrogen-bond acceptors (Lipinski definition) is 5. The molecule has 2 rings (SSSR count). The van der Waals surface area contributed by atoms with Crippen molar-refractivity contribution >= 4 is 11.4 Å². The van der Waals surface area contributed by atoms with E-state index in [1.54, 1.807) is 12.1 Å².